The summed E-state index contributed by atoms with van der Waals surface area (Å²) in [5.41, 5.74) is 7.83. The Hall–Kier alpha value is -1.35. The van der Waals surface area contributed by atoms with E-state index in [1.54, 1.807) is 0 Å². The predicted molar refractivity (Wildman–Crippen MR) is 69.9 cm³/mol. The fourth-order valence-corrected chi connectivity index (χ4v) is 2.07. The Morgan fingerprint density at radius 3 is 2.35 bits per heavy atom. The average molecular weight is 232 g/mol. The van der Waals surface area contributed by atoms with Gasteiger partial charge in [0.15, 0.2) is 0 Å². The van der Waals surface area contributed by atoms with E-state index in [0.29, 0.717) is 5.92 Å². The van der Waals surface area contributed by atoms with Crippen molar-refractivity contribution in [2.24, 2.45) is 11.7 Å². The van der Waals surface area contributed by atoms with Gasteiger partial charge >= 0.3 is 0 Å². The Morgan fingerprint density at radius 1 is 1.29 bits per heavy atom. The van der Waals surface area contributed by atoms with Gasteiger partial charge in [0.05, 0.1) is 0 Å². The highest BCUT2D eigenvalue weighted by Gasteiger charge is 2.31. The lowest BCUT2D eigenvalue weighted by atomic mass is 9.80. The van der Waals surface area contributed by atoms with Crippen LogP contribution < -0.4 is 11.1 Å². The highest BCUT2D eigenvalue weighted by atomic mass is 16.1. The first-order valence-electron chi connectivity index (χ1n) is 6.22. The van der Waals surface area contributed by atoms with Crippen molar-refractivity contribution in [3.8, 4) is 0 Å². The summed E-state index contributed by atoms with van der Waals surface area (Å²) in [5.74, 6) is 0.725. The molecule has 0 saturated heterocycles. The number of benzene rings is 1. The number of nitrogens with two attached hydrogens (primary N) is 1. The normalized spacial score (nSPS) is 23.3. The number of carbonyl (C=O) groups is 1. The largest absolute Gasteiger partial charge is 0.328 e. The van der Waals surface area contributed by atoms with Crippen LogP contribution in [0.15, 0.2) is 24.3 Å². The third-order valence-corrected chi connectivity index (χ3v) is 3.39. The molecule has 2 rings (SSSR count). The molecule has 1 aromatic rings. The van der Waals surface area contributed by atoms with Gasteiger partial charge in [-0.2, -0.15) is 0 Å². The van der Waals surface area contributed by atoms with E-state index >= 15 is 0 Å². The van der Waals surface area contributed by atoms with E-state index in [1.807, 2.05) is 12.1 Å². The SMILES string of the molecule is CC(C)c1ccc(NC(=O)C2CC(N)C2)cc1. The molecule has 3 heteroatoms. The third-order valence-electron chi connectivity index (χ3n) is 3.39. The van der Waals surface area contributed by atoms with Gasteiger partial charge in [-0.05, 0) is 36.5 Å². The minimum Gasteiger partial charge on any atom is -0.328 e. The molecule has 17 heavy (non-hydrogen) atoms. The van der Waals surface area contributed by atoms with Gasteiger partial charge in [0.25, 0.3) is 0 Å². The van der Waals surface area contributed by atoms with Crippen LogP contribution >= 0.6 is 0 Å². The Morgan fingerprint density at radius 2 is 1.88 bits per heavy atom. The van der Waals surface area contributed by atoms with E-state index in [1.165, 1.54) is 5.56 Å². The molecule has 0 atom stereocenters. The molecule has 1 fully saturated rings. The second-order valence-corrected chi connectivity index (χ2v) is 5.19. The highest BCUT2D eigenvalue weighted by Crippen LogP contribution is 2.27. The molecular formula is C14H20N2O. The van der Waals surface area contributed by atoms with Crippen molar-refractivity contribution in [1.82, 2.24) is 0 Å². The summed E-state index contributed by atoms with van der Waals surface area (Å²) in [6, 6.07) is 8.27. The van der Waals surface area contributed by atoms with E-state index in [-0.39, 0.29) is 17.9 Å². The van der Waals surface area contributed by atoms with Gasteiger partial charge in [0.1, 0.15) is 0 Å². The molecule has 0 heterocycles. The third kappa shape index (κ3) is 2.86. The lowest BCUT2D eigenvalue weighted by molar-refractivity contribution is -0.122. The minimum atomic E-state index is 0.101. The molecule has 1 aliphatic rings. The highest BCUT2D eigenvalue weighted by molar-refractivity contribution is 5.93. The van der Waals surface area contributed by atoms with Gasteiger partial charge in [0, 0.05) is 17.6 Å². The molecule has 0 bridgehead atoms. The van der Waals surface area contributed by atoms with Crippen LogP contribution in [0.2, 0.25) is 0 Å². The lowest BCUT2D eigenvalue weighted by Gasteiger charge is -2.31. The monoisotopic (exact) mass is 232 g/mol. The summed E-state index contributed by atoms with van der Waals surface area (Å²) < 4.78 is 0. The first-order chi connectivity index (χ1) is 8.06. The van der Waals surface area contributed by atoms with Crippen molar-refractivity contribution in [1.29, 1.82) is 0 Å². The molecule has 0 radical (unpaired) electrons. The van der Waals surface area contributed by atoms with Crippen molar-refractivity contribution in [3.05, 3.63) is 29.8 Å². The summed E-state index contributed by atoms with van der Waals surface area (Å²) in [5, 5.41) is 2.94. The maximum absolute atomic E-state index is 11.8. The standard InChI is InChI=1S/C14H20N2O/c1-9(2)10-3-5-13(6-4-10)16-14(17)11-7-12(15)8-11/h3-6,9,11-12H,7-8,15H2,1-2H3,(H,16,17). The van der Waals surface area contributed by atoms with Crippen LogP contribution in [0.1, 0.15) is 38.2 Å². The Bertz CT molecular complexity index is 391. The zero-order chi connectivity index (χ0) is 12.4. The number of nitrogens with one attached hydrogen (secondary N) is 1. The quantitative estimate of drug-likeness (QED) is 0.841. The Labute approximate surface area is 102 Å². The fourth-order valence-electron chi connectivity index (χ4n) is 2.07. The van der Waals surface area contributed by atoms with Crippen LogP contribution in [0.4, 0.5) is 5.69 Å². The van der Waals surface area contributed by atoms with E-state index in [4.69, 9.17) is 5.73 Å². The number of carbonyl (C=O) groups excluding carboxylic acids is 1. The predicted octanol–water partition coefficient (Wildman–Crippen LogP) is 2.49. The Balaban J connectivity index is 1.92. The van der Waals surface area contributed by atoms with Gasteiger partial charge < -0.3 is 11.1 Å². The second kappa shape index (κ2) is 4.88. The maximum atomic E-state index is 11.8. The molecule has 0 unspecified atom stereocenters. The lowest BCUT2D eigenvalue weighted by Crippen LogP contribution is -2.42. The summed E-state index contributed by atoms with van der Waals surface area (Å²) >= 11 is 0. The minimum absolute atomic E-state index is 0.101. The molecule has 3 N–H and O–H groups in total. The van der Waals surface area contributed by atoms with Crippen molar-refractivity contribution < 1.29 is 4.79 Å². The molecule has 0 spiro atoms. The zero-order valence-electron chi connectivity index (χ0n) is 10.4. The van der Waals surface area contributed by atoms with Gasteiger partial charge in [0.2, 0.25) is 5.91 Å². The number of amides is 1. The average Bonchev–Trinajstić information content (AvgIpc) is 2.25. The molecule has 1 saturated carbocycles. The molecule has 0 aliphatic heterocycles. The van der Waals surface area contributed by atoms with E-state index in [0.717, 1.165) is 18.5 Å². The zero-order valence-corrected chi connectivity index (χ0v) is 10.4. The first kappa shape index (κ1) is 12.1. The van der Waals surface area contributed by atoms with Crippen LogP contribution in [0.5, 0.6) is 0 Å². The number of hydrogen-bond donors (Lipinski definition) is 2. The van der Waals surface area contributed by atoms with Gasteiger partial charge in [-0.3, -0.25) is 4.79 Å². The number of hydrogen-bond acceptors (Lipinski definition) is 2. The molecule has 1 aromatic carbocycles. The second-order valence-electron chi connectivity index (χ2n) is 5.19. The number of rotatable bonds is 3. The van der Waals surface area contributed by atoms with E-state index in [9.17, 15) is 4.79 Å². The van der Waals surface area contributed by atoms with Crippen molar-refractivity contribution in [3.63, 3.8) is 0 Å². The maximum Gasteiger partial charge on any atom is 0.227 e. The van der Waals surface area contributed by atoms with E-state index < -0.39 is 0 Å². The van der Waals surface area contributed by atoms with E-state index in [2.05, 4.69) is 31.3 Å². The molecule has 0 aromatic heterocycles. The van der Waals surface area contributed by atoms with Crippen molar-refractivity contribution in [2.75, 3.05) is 5.32 Å². The summed E-state index contributed by atoms with van der Waals surface area (Å²) in [7, 11) is 0. The molecular weight excluding hydrogens is 212 g/mol. The molecule has 1 aliphatic carbocycles. The van der Waals surface area contributed by atoms with Gasteiger partial charge in [-0.15, -0.1) is 0 Å². The summed E-state index contributed by atoms with van der Waals surface area (Å²) in [4.78, 5) is 11.8. The van der Waals surface area contributed by atoms with Crippen LogP contribution in [0, 0.1) is 5.92 Å². The fraction of sp³-hybridized carbons (Fsp3) is 0.500. The van der Waals surface area contributed by atoms with Crippen molar-refractivity contribution >= 4 is 11.6 Å². The summed E-state index contributed by atoms with van der Waals surface area (Å²) in [6.07, 6.45) is 1.63. The van der Waals surface area contributed by atoms with Crippen LogP contribution in [-0.4, -0.2) is 11.9 Å². The Kier molecular flexibility index (Phi) is 3.48. The van der Waals surface area contributed by atoms with Crippen LogP contribution in [0.3, 0.4) is 0 Å². The molecule has 3 nitrogen and oxygen atoms in total. The van der Waals surface area contributed by atoms with Gasteiger partial charge in [-0.1, -0.05) is 26.0 Å². The molecule has 1 amide bonds. The van der Waals surface area contributed by atoms with Crippen LogP contribution in [-0.2, 0) is 4.79 Å². The summed E-state index contributed by atoms with van der Waals surface area (Å²) in [6.45, 7) is 4.31. The topological polar surface area (TPSA) is 55.1 Å². The smallest absolute Gasteiger partial charge is 0.227 e. The van der Waals surface area contributed by atoms with Gasteiger partial charge in [-0.25, -0.2) is 0 Å². The van der Waals surface area contributed by atoms with Crippen LogP contribution in [0.25, 0.3) is 0 Å². The first-order valence-corrected chi connectivity index (χ1v) is 6.22. The molecule has 92 valence electrons. The number of anilines is 1. The van der Waals surface area contributed by atoms with Crippen molar-refractivity contribution in [2.45, 2.75) is 38.6 Å².